The molecule has 0 fully saturated rings. The molecule has 4 nitrogen and oxygen atoms in total. The van der Waals surface area contributed by atoms with Gasteiger partial charge in [-0.05, 0) is 19.3 Å². The number of sulfonamides is 1. The van der Waals surface area contributed by atoms with E-state index >= 15 is 0 Å². The van der Waals surface area contributed by atoms with Crippen LogP contribution in [0.1, 0.15) is 46.5 Å². The van der Waals surface area contributed by atoms with E-state index in [4.69, 9.17) is 5.73 Å². The van der Waals surface area contributed by atoms with Gasteiger partial charge in [-0.15, -0.1) is 0 Å². The Balaban J connectivity index is 4.93. The average molecular weight is 250 g/mol. The summed E-state index contributed by atoms with van der Waals surface area (Å²) >= 11 is 0. The minimum absolute atomic E-state index is 0.224. The molecule has 0 heterocycles. The Morgan fingerprint density at radius 2 is 1.69 bits per heavy atom. The highest BCUT2D eigenvalue weighted by Crippen LogP contribution is 2.24. The quantitative estimate of drug-likeness (QED) is 0.711. The summed E-state index contributed by atoms with van der Waals surface area (Å²) in [5.41, 5.74) is 5.34. The highest BCUT2D eigenvalue weighted by molar-refractivity contribution is 7.89. The molecule has 0 saturated carbocycles. The lowest BCUT2D eigenvalue weighted by Gasteiger charge is -2.38. The van der Waals surface area contributed by atoms with Gasteiger partial charge in [0.2, 0.25) is 10.0 Å². The van der Waals surface area contributed by atoms with Crippen molar-refractivity contribution in [3.63, 3.8) is 0 Å². The SMILES string of the molecule is CCCCS(=O)(=O)N(C)C(CC)(CC)CN. The molecule has 2 N–H and O–H groups in total. The predicted octanol–water partition coefficient (Wildman–Crippen LogP) is 1.57. The van der Waals surface area contributed by atoms with Gasteiger partial charge in [0.25, 0.3) is 0 Å². The summed E-state index contributed by atoms with van der Waals surface area (Å²) in [6.07, 6.45) is 3.10. The topological polar surface area (TPSA) is 63.4 Å². The Morgan fingerprint density at radius 1 is 1.19 bits per heavy atom. The molecule has 0 atom stereocenters. The molecular formula is C11H26N2O2S. The minimum Gasteiger partial charge on any atom is -0.329 e. The van der Waals surface area contributed by atoms with Crippen LogP contribution in [-0.2, 0) is 10.0 Å². The van der Waals surface area contributed by atoms with Crippen LogP contribution in [0.5, 0.6) is 0 Å². The van der Waals surface area contributed by atoms with Crippen LogP contribution in [0.15, 0.2) is 0 Å². The largest absolute Gasteiger partial charge is 0.329 e. The summed E-state index contributed by atoms with van der Waals surface area (Å²) in [5, 5.41) is 0. The highest BCUT2D eigenvalue weighted by atomic mass is 32.2. The van der Waals surface area contributed by atoms with Crippen LogP contribution in [0.3, 0.4) is 0 Å². The first-order valence-corrected chi connectivity index (χ1v) is 7.67. The third kappa shape index (κ3) is 3.43. The number of unbranched alkanes of at least 4 members (excludes halogenated alkanes) is 1. The Kier molecular flexibility index (Phi) is 6.51. The molecule has 98 valence electrons. The molecule has 0 aromatic rings. The van der Waals surface area contributed by atoms with Gasteiger partial charge in [-0.2, -0.15) is 4.31 Å². The molecule has 0 aliphatic rings. The Bertz CT molecular complexity index is 276. The lowest BCUT2D eigenvalue weighted by Crippen LogP contribution is -2.54. The molecule has 0 aliphatic carbocycles. The zero-order chi connectivity index (χ0) is 12.8. The molecule has 0 radical (unpaired) electrons. The van der Waals surface area contributed by atoms with E-state index in [9.17, 15) is 8.42 Å². The third-order valence-corrected chi connectivity index (χ3v) is 5.56. The van der Waals surface area contributed by atoms with Crippen LogP contribution < -0.4 is 5.73 Å². The van der Waals surface area contributed by atoms with Gasteiger partial charge in [0, 0.05) is 19.1 Å². The Morgan fingerprint density at radius 3 is 2.00 bits per heavy atom. The molecule has 5 heteroatoms. The molecule has 0 bridgehead atoms. The van der Waals surface area contributed by atoms with Gasteiger partial charge in [0.1, 0.15) is 0 Å². The van der Waals surface area contributed by atoms with E-state index in [1.54, 1.807) is 7.05 Å². The van der Waals surface area contributed by atoms with Crippen LogP contribution in [0.2, 0.25) is 0 Å². The van der Waals surface area contributed by atoms with Crippen LogP contribution in [0, 0.1) is 0 Å². The standard InChI is InChI=1S/C11H26N2O2S/c1-5-8-9-16(14,15)13(4)11(6-2,7-3)10-12/h5-10,12H2,1-4H3. The van der Waals surface area contributed by atoms with Crippen molar-refractivity contribution >= 4 is 10.0 Å². The van der Waals surface area contributed by atoms with E-state index in [-0.39, 0.29) is 5.75 Å². The number of hydrogen-bond donors (Lipinski definition) is 1. The van der Waals surface area contributed by atoms with Gasteiger partial charge >= 0.3 is 0 Å². The maximum absolute atomic E-state index is 12.1. The van der Waals surface area contributed by atoms with Crippen molar-refractivity contribution in [1.82, 2.24) is 4.31 Å². The third-order valence-electron chi connectivity index (χ3n) is 3.54. The fourth-order valence-electron chi connectivity index (χ4n) is 1.87. The molecule has 0 saturated heterocycles. The van der Waals surface area contributed by atoms with Gasteiger partial charge in [-0.25, -0.2) is 8.42 Å². The second kappa shape index (κ2) is 6.57. The minimum atomic E-state index is -3.16. The van der Waals surface area contributed by atoms with E-state index in [0.29, 0.717) is 13.0 Å². The fraction of sp³-hybridized carbons (Fsp3) is 1.00. The number of likely N-dealkylation sites (N-methyl/N-ethyl adjacent to an activating group) is 1. The summed E-state index contributed by atoms with van der Waals surface area (Å²) in [6, 6.07) is 0. The van der Waals surface area contributed by atoms with Crippen molar-refractivity contribution in [2.24, 2.45) is 5.73 Å². The van der Waals surface area contributed by atoms with Crippen LogP contribution >= 0.6 is 0 Å². The molecule has 0 aliphatic heterocycles. The van der Waals surface area contributed by atoms with Crippen molar-refractivity contribution < 1.29 is 8.42 Å². The van der Waals surface area contributed by atoms with Gasteiger partial charge in [0.05, 0.1) is 5.75 Å². The Labute approximate surface area is 100 Å². The van der Waals surface area contributed by atoms with Gasteiger partial charge < -0.3 is 5.73 Å². The van der Waals surface area contributed by atoms with Crippen LogP contribution in [0.25, 0.3) is 0 Å². The number of nitrogens with two attached hydrogens (primary N) is 1. The number of hydrogen-bond acceptors (Lipinski definition) is 3. The summed E-state index contributed by atoms with van der Waals surface area (Å²) in [5.74, 6) is 0.224. The van der Waals surface area contributed by atoms with E-state index in [1.165, 1.54) is 4.31 Å². The molecule has 0 amide bonds. The summed E-state index contributed by atoms with van der Waals surface area (Å²) in [6.45, 7) is 6.34. The zero-order valence-corrected chi connectivity index (χ0v) is 11.8. The molecular weight excluding hydrogens is 224 g/mol. The lowest BCUT2D eigenvalue weighted by atomic mass is 9.93. The summed E-state index contributed by atoms with van der Waals surface area (Å²) in [4.78, 5) is 0. The second-order valence-corrected chi connectivity index (χ2v) is 6.39. The van der Waals surface area contributed by atoms with E-state index in [0.717, 1.165) is 19.3 Å². The maximum Gasteiger partial charge on any atom is 0.214 e. The number of rotatable bonds is 8. The molecule has 0 rings (SSSR count). The van der Waals surface area contributed by atoms with Crippen LogP contribution in [-0.4, -0.2) is 37.6 Å². The first-order chi connectivity index (χ1) is 7.40. The van der Waals surface area contributed by atoms with Gasteiger partial charge in [-0.3, -0.25) is 0 Å². The molecule has 0 aromatic carbocycles. The molecule has 0 aromatic heterocycles. The van der Waals surface area contributed by atoms with E-state index in [2.05, 4.69) is 0 Å². The average Bonchev–Trinajstić information content (AvgIpc) is 2.29. The van der Waals surface area contributed by atoms with Crippen molar-refractivity contribution in [3.05, 3.63) is 0 Å². The summed E-state index contributed by atoms with van der Waals surface area (Å²) in [7, 11) is -1.51. The van der Waals surface area contributed by atoms with Crippen LogP contribution in [0.4, 0.5) is 0 Å². The molecule has 0 spiro atoms. The van der Waals surface area contributed by atoms with Crippen molar-refractivity contribution in [1.29, 1.82) is 0 Å². The second-order valence-electron chi connectivity index (χ2n) is 4.27. The normalized spacial score (nSPS) is 13.4. The van der Waals surface area contributed by atoms with Gasteiger partial charge in [0.15, 0.2) is 0 Å². The van der Waals surface area contributed by atoms with Crippen molar-refractivity contribution in [2.45, 2.75) is 52.0 Å². The van der Waals surface area contributed by atoms with Crippen molar-refractivity contribution in [3.8, 4) is 0 Å². The number of nitrogens with zero attached hydrogens (tertiary/aromatic N) is 1. The zero-order valence-electron chi connectivity index (χ0n) is 11.0. The first kappa shape index (κ1) is 15.9. The molecule has 0 unspecified atom stereocenters. The smallest absolute Gasteiger partial charge is 0.214 e. The first-order valence-electron chi connectivity index (χ1n) is 6.07. The van der Waals surface area contributed by atoms with E-state index in [1.807, 2.05) is 20.8 Å². The predicted molar refractivity (Wildman–Crippen MR) is 68.8 cm³/mol. The maximum atomic E-state index is 12.1. The summed E-state index contributed by atoms with van der Waals surface area (Å²) < 4.78 is 25.7. The Hall–Kier alpha value is -0.130. The monoisotopic (exact) mass is 250 g/mol. The fourth-order valence-corrected chi connectivity index (χ4v) is 3.72. The van der Waals surface area contributed by atoms with Gasteiger partial charge in [-0.1, -0.05) is 27.2 Å². The highest BCUT2D eigenvalue weighted by Gasteiger charge is 2.36. The lowest BCUT2D eigenvalue weighted by molar-refractivity contribution is 0.208. The van der Waals surface area contributed by atoms with Crippen molar-refractivity contribution in [2.75, 3.05) is 19.3 Å². The molecule has 16 heavy (non-hydrogen) atoms. The van der Waals surface area contributed by atoms with E-state index < -0.39 is 15.6 Å².